The second-order valence-electron chi connectivity index (χ2n) is 5.79. The van der Waals surface area contributed by atoms with E-state index in [1.54, 1.807) is 0 Å². The van der Waals surface area contributed by atoms with E-state index in [-0.39, 0.29) is 24.9 Å². The summed E-state index contributed by atoms with van der Waals surface area (Å²) < 4.78 is 5.06. The van der Waals surface area contributed by atoms with Gasteiger partial charge in [0.1, 0.15) is 5.54 Å². The minimum atomic E-state index is -0.894. The van der Waals surface area contributed by atoms with E-state index in [1.165, 1.54) is 6.92 Å². The number of hydrogen-bond donors (Lipinski definition) is 3. The number of H-pyrrole nitrogens is 1. The largest absolute Gasteiger partial charge is 0.375 e. The molecule has 2 heterocycles. The van der Waals surface area contributed by atoms with E-state index in [2.05, 4.69) is 10.3 Å². The molecule has 22 heavy (non-hydrogen) atoms. The van der Waals surface area contributed by atoms with Gasteiger partial charge in [-0.1, -0.05) is 18.2 Å². The molecule has 116 valence electrons. The number of fused-ring (bicyclic) bond motifs is 1. The summed E-state index contributed by atoms with van der Waals surface area (Å²) in [6.07, 6.45) is 2.27. The average Bonchev–Trinajstić information content (AvgIpc) is 2.85. The van der Waals surface area contributed by atoms with Crippen LogP contribution in [0, 0.1) is 0 Å². The lowest BCUT2D eigenvalue weighted by molar-refractivity contribution is -0.150. The van der Waals surface area contributed by atoms with Crippen LogP contribution in [0.4, 0.5) is 0 Å². The number of rotatable bonds is 5. The number of carbonyl (C=O) groups excluding carboxylic acids is 2. The van der Waals surface area contributed by atoms with E-state index in [0.29, 0.717) is 6.42 Å². The summed E-state index contributed by atoms with van der Waals surface area (Å²) in [6, 6.07) is 7.14. The smallest absolute Gasteiger partial charge is 0.238 e. The van der Waals surface area contributed by atoms with Crippen LogP contribution >= 0.6 is 0 Å². The van der Waals surface area contributed by atoms with Crippen molar-refractivity contribution in [1.29, 1.82) is 0 Å². The molecule has 0 spiro atoms. The second-order valence-corrected chi connectivity index (χ2v) is 5.79. The van der Waals surface area contributed by atoms with E-state index in [0.717, 1.165) is 16.5 Å². The quantitative estimate of drug-likeness (QED) is 0.749. The van der Waals surface area contributed by atoms with Crippen LogP contribution in [0.25, 0.3) is 10.9 Å². The number of nitrogens with two attached hydrogens (primary N) is 1. The van der Waals surface area contributed by atoms with Gasteiger partial charge in [-0.05, 0) is 25.0 Å². The van der Waals surface area contributed by atoms with Crippen LogP contribution in [-0.2, 0) is 20.7 Å². The highest BCUT2D eigenvalue weighted by atomic mass is 16.5. The Morgan fingerprint density at radius 3 is 2.77 bits per heavy atom. The summed E-state index contributed by atoms with van der Waals surface area (Å²) in [5.41, 5.74) is 7.11. The fourth-order valence-electron chi connectivity index (χ4n) is 2.63. The minimum absolute atomic E-state index is 0.105. The van der Waals surface area contributed by atoms with Gasteiger partial charge in [0.25, 0.3) is 0 Å². The Balaban J connectivity index is 1.70. The molecule has 6 heteroatoms. The van der Waals surface area contributed by atoms with Gasteiger partial charge in [-0.2, -0.15) is 0 Å². The molecule has 1 amide bonds. The van der Waals surface area contributed by atoms with Gasteiger partial charge in [-0.25, -0.2) is 0 Å². The van der Waals surface area contributed by atoms with Crippen LogP contribution < -0.4 is 11.1 Å². The Bertz CT molecular complexity index is 718. The highest BCUT2D eigenvalue weighted by Crippen LogP contribution is 2.20. The molecule has 1 aromatic heterocycles. The summed E-state index contributed by atoms with van der Waals surface area (Å²) in [6.45, 7) is 1.88. The molecule has 1 aliphatic heterocycles. The maximum atomic E-state index is 12.3. The predicted octanol–water partition coefficient (Wildman–Crippen LogP) is 0.512. The van der Waals surface area contributed by atoms with Gasteiger partial charge in [0.15, 0.2) is 5.78 Å². The van der Waals surface area contributed by atoms with Crippen molar-refractivity contribution in [3.05, 3.63) is 36.0 Å². The van der Waals surface area contributed by atoms with Crippen LogP contribution in [0.1, 0.15) is 12.5 Å². The Morgan fingerprint density at radius 1 is 1.41 bits per heavy atom. The van der Waals surface area contributed by atoms with Crippen molar-refractivity contribution in [2.75, 3.05) is 13.2 Å². The third kappa shape index (κ3) is 2.51. The summed E-state index contributed by atoms with van der Waals surface area (Å²) in [4.78, 5) is 27.1. The average molecular weight is 301 g/mol. The van der Waals surface area contributed by atoms with Gasteiger partial charge < -0.3 is 20.8 Å². The van der Waals surface area contributed by atoms with Crippen molar-refractivity contribution in [3.8, 4) is 0 Å². The number of carbonyl (C=O) groups is 2. The number of aromatic amines is 1. The normalized spacial score (nSPS) is 17.7. The molecule has 0 aliphatic carbocycles. The third-order valence-corrected chi connectivity index (χ3v) is 4.18. The number of para-hydroxylation sites is 1. The zero-order chi connectivity index (χ0) is 15.7. The number of nitrogens with one attached hydrogen (secondary N) is 2. The van der Waals surface area contributed by atoms with Crippen LogP contribution in [-0.4, -0.2) is 41.5 Å². The lowest BCUT2D eigenvalue weighted by Gasteiger charge is -2.40. The molecule has 0 radical (unpaired) electrons. The van der Waals surface area contributed by atoms with E-state index in [1.807, 2.05) is 30.5 Å². The number of hydrogen-bond acceptors (Lipinski definition) is 4. The Hall–Kier alpha value is -2.18. The van der Waals surface area contributed by atoms with E-state index in [4.69, 9.17) is 10.5 Å². The molecule has 2 aromatic rings. The number of ketones is 1. The number of benzene rings is 1. The standard InChI is InChI=1S/C16H19N3O3/c1-10(20)16(8-22-9-16)19-15(21)13(17)6-11-7-18-14-5-3-2-4-12(11)14/h2-5,7,13,18H,6,8-9,17H2,1H3,(H,19,21)/t13-/m1/s1. The fraction of sp³-hybridized carbons (Fsp3) is 0.375. The van der Waals surface area contributed by atoms with Crippen molar-refractivity contribution in [1.82, 2.24) is 10.3 Å². The second kappa shape index (κ2) is 5.55. The molecule has 0 unspecified atom stereocenters. The molecule has 0 bridgehead atoms. The maximum Gasteiger partial charge on any atom is 0.238 e. The van der Waals surface area contributed by atoms with Gasteiger partial charge in [-0.3, -0.25) is 9.59 Å². The summed E-state index contributed by atoms with van der Waals surface area (Å²) >= 11 is 0. The summed E-state index contributed by atoms with van der Waals surface area (Å²) in [5.74, 6) is -0.435. The van der Waals surface area contributed by atoms with Gasteiger partial charge in [0.05, 0.1) is 19.3 Å². The van der Waals surface area contributed by atoms with Crippen LogP contribution in [0.15, 0.2) is 30.5 Å². The zero-order valence-electron chi connectivity index (χ0n) is 12.4. The van der Waals surface area contributed by atoms with Crippen LogP contribution in [0.2, 0.25) is 0 Å². The van der Waals surface area contributed by atoms with Crippen LogP contribution in [0.5, 0.6) is 0 Å². The molecular formula is C16H19N3O3. The van der Waals surface area contributed by atoms with Gasteiger partial charge >= 0.3 is 0 Å². The fourth-order valence-corrected chi connectivity index (χ4v) is 2.63. The zero-order valence-corrected chi connectivity index (χ0v) is 12.4. The predicted molar refractivity (Wildman–Crippen MR) is 82.4 cm³/mol. The number of Topliss-reactive ketones (excluding diaryl/α,β-unsaturated/α-hetero) is 1. The van der Waals surface area contributed by atoms with Gasteiger partial charge in [0.2, 0.25) is 5.91 Å². The highest BCUT2D eigenvalue weighted by Gasteiger charge is 2.45. The number of aromatic nitrogens is 1. The van der Waals surface area contributed by atoms with Crippen molar-refractivity contribution < 1.29 is 14.3 Å². The molecule has 0 saturated carbocycles. The monoisotopic (exact) mass is 301 g/mol. The third-order valence-electron chi connectivity index (χ3n) is 4.18. The highest BCUT2D eigenvalue weighted by molar-refractivity contribution is 5.94. The molecular weight excluding hydrogens is 282 g/mol. The van der Waals surface area contributed by atoms with Crippen molar-refractivity contribution in [2.24, 2.45) is 5.73 Å². The molecule has 6 nitrogen and oxygen atoms in total. The SMILES string of the molecule is CC(=O)C1(NC(=O)[C@H](N)Cc2c[nH]c3ccccc23)COC1. The molecule has 1 aliphatic rings. The van der Waals surface area contributed by atoms with Crippen molar-refractivity contribution >= 4 is 22.6 Å². The lowest BCUT2D eigenvalue weighted by Crippen LogP contribution is -2.68. The van der Waals surface area contributed by atoms with Gasteiger partial charge in [0, 0.05) is 17.1 Å². The first-order chi connectivity index (χ1) is 10.5. The summed E-state index contributed by atoms with van der Waals surface area (Å²) in [7, 11) is 0. The first kappa shape index (κ1) is 14.7. The Kier molecular flexibility index (Phi) is 3.72. The Labute approximate surface area is 128 Å². The molecule has 1 fully saturated rings. The first-order valence-corrected chi connectivity index (χ1v) is 7.23. The topological polar surface area (TPSA) is 97.2 Å². The lowest BCUT2D eigenvalue weighted by atomic mass is 9.92. The van der Waals surface area contributed by atoms with Crippen molar-refractivity contribution in [3.63, 3.8) is 0 Å². The number of ether oxygens (including phenoxy) is 1. The van der Waals surface area contributed by atoms with Gasteiger partial charge in [-0.15, -0.1) is 0 Å². The molecule has 4 N–H and O–H groups in total. The first-order valence-electron chi connectivity index (χ1n) is 7.23. The molecule has 1 aromatic carbocycles. The molecule has 1 atom stereocenters. The van der Waals surface area contributed by atoms with E-state index in [9.17, 15) is 9.59 Å². The minimum Gasteiger partial charge on any atom is -0.375 e. The van der Waals surface area contributed by atoms with Crippen molar-refractivity contribution in [2.45, 2.75) is 24.9 Å². The van der Waals surface area contributed by atoms with E-state index >= 15 is 0 Å². The molecule has 1 saturated heterocycles. The van der Waals surface area contributed by atoms with Crippen LogP contribution in [0.3, 0.4) is 0 Å². The van der Waals surface area contributed by atoms with E-state index < -0.39 is 11.6 Å². The molecule has 3 rings (SSSR count). The Morgan fingerprint density at radius 2 is 2.14 bits per heavy atom. The number of amides is 1. The maximum absolute atomic E-state index is 12.3. The summed E-state index contributed by atoms with van der Waals surface area (Å²) in [5, 5.41) is 3.80.